The lowest BCUT2D eigenvalue weighted by atomic mass is 9.99. The SMILES string of the molecule is c1ccc(-c2ccc(N(c3ccc(-c4cccc5c4oc4ccc6ccccc6c45)cc3)c3ccc4sc5ccccc5c4c3)cc2)cc1. The molecule has 10 aromatic rings. The zero-order valence-electron chi connectivity index (χ0n) is 26.5. The van der Waals surface area contributed by atoms with E-state index in [1.165, 1.54) is 47.5 Å². The molecule has 0 bridgehead atoms. The maximum Gasteiger partial charge on any atom is 0.143 e. The number of rotatable bonds is 5. The van der Waals surface area contributed by atoms with E-state index in [1.807, 2.05) is 11.3 Å². The summed E-state index contributed by atoms with van der Waals surface area (Å²) in [6, 6.07) is 63.2. The fraction of sp³-hybridized carbons (Fsp3) is 0. The molecule has 8 aromatic carbocycles. The van der Waals surface area contributed by atoms with Crippen LogP contribution in [0.3, 0.4) is 0 Å². The number of fused-ring (bicyclic) bond motifs is 8. The molecule has 10 rings (SSSR count). The van der Waals surface area contributed by atoms with E-state index in [9.17, 15) is 0 Å². The molecule has 49 heavy (non-hydrogen) atoms. The summed E-state index contributed by atoms with van der Waals surface area (Å²) in [7, 11) is 0. The van der Waals surface area contributed by atoms with Crippen molar-refractivity contribution >= 4 is 81.3 Å². The second-order valence-electron chi connectivity index (χ2n) is 12.5. The summed E-state index contributed by atoms with van der Waals surface area (Å²) < 4.78 is 9.18. The number of anilines is 3. The van der Waals surface area contributed by atoms with Crippen molar-refractivity contribution in [1.29, 1.82) is 0 Å². The molecule has 0 fully saturated rings. The van der Waals surface area contributed by atoms with Crippen LogP contribution in [-0.2, 0) is 0 Å². The van der Waals surface area contributed by atoms with Gasteiger partial charge in [-0.1, -0.05) is 121 Å². The van der Waals surface area contributed by atoms with E-state index in [4.69, 9.17) is 4.42 Å². The van der Waals surface area contributed by atoms with Crippen LogP contribution in [0.2, 0.25) is 0 Å². The van der Waals surface area contributed by atoms with Crippen LogP contribution in [0.25, 0.3) is 75.1 Å². The molecule has 2 heterocycles. The monoisotopic (exact) mass is 643 g/mol. The van der Waals surface area contributed by atoms with Gasteiger partial charge < -0.3 is 9.32 Å². The average molecular weight is 644 g/mol. The van der Waals surface area contributed by atoms with Gasteiger partial charge in [-0.15, -0.1) is 11.3 Å². The molecular weight excluding hydrogens is 615 g/mol. The summed E-state index contributed by atoms with van der Waals surface area (Å²) in [5, 5.41) is 7.34. The standard InChI is InChI=1S/C46H29NOS/c1-2-9-30(10-3-1)31-17-22-34(23-18-31)47(36-26-28-44-41(29-36)39-13-6-7-16-43(39)49-44)35-24-19-33(20-25-35)38-14-8-15-40-45-37-12-5-4-11-32(37)21-27-42(45)48-46(38)40/h1-29H. The highest BCUT2D eigenvalue weighted by Gasteiger charge is 2.18. The van der Waals surface area contributed by atoms with Crippen molar-refractivity contribution in [2.24, 2.45) is 0 Å². The first-order chi connectivity index (χ1) is 24.3. The molecule has 0 saturated carbocycles. The third-order valence-corrected chi connectivity index (χ3v) is 10.8. The van der Waals surface area contributed by atoms with Crippen molar-refractivity contribution in [3.8, 4) is 22.3 Å². The van der Waals surface area contributed by atoms with E-state index in [-0.39, 0.29) is 0 Å². The number of furan rings is 1. The van der Waals surface area contributed by atoms with Gasteiger partial charge >= 0.3 is 0 Å². The topological polar surface area (TPSA) is 16.4 Å². The first kappa shape index (κ1) is 27.9. The second kappa shape index (κ2) is 11.2. The van der Waals surface area contributed by atoms with Gasteiger partial charge in [-0.2, -0.15) is 0 Å². The van der Waals surface area contributed by atoms with Gasteiger partial charge in [0.2, 0.25) is 0 Å². The Morgan fingerprint density at radius 3 is 1.86 bits per heavy atom. The zero-order valence-corrected chi connectivity index (χ0v) is 27.3. The summed E-state index contributed by atoms with van der Waals surface area (Å²) in [6.07, 6.45) is 0. The van der Waals surface area contributed by atoms with Crippen molar-refractivity contribution < 1.29 is 4.42 Å². The van der Waals surface area contributed by atoms with E-state index < -0.39 is 0 Å². The van der Waals surface area contributed by atoms with Crippen molar-refractivity contribution in [3.63, 3.8) is 0 Å². The number of hydrogen-bond acceptors (Lipinski definition) is 3. The smallest absolute Gasteiger partial charge is 0.143 e. The molecule has 0 N–H and O–H groups in total. The first-order valence-corrected chi connectivity index (χ1v) is 17.4. The van der Waals surface area contributed by atoms with Crippen LogP contribution in [0.15, 0.2) is 180 Å². The Balaban J connectivity index is 1.10. The van der Waals surface area contributed by atoms with Gasteiger partial charge in [0.25, 0.3) is 0 Å². The molecule has 0 aliphatic heterocycles. The van der Waals surface area contributed by atoms with Crippen molar-refractivity contribution in [2.45, 2.75) is 0 Å². The van der Waals surface area contributed by atoms with E-state index in [0.717, 1.165) is 44.7 Å². The van der Waals surface area contributed by atoms with E-state index in [2.05, 4.69) is 181 Å². The lowest BCUT2D eigenvalue weighted by Gasteiger charge is -2.26. The fourth-order valence-electron chi connectivity index (χ4n) is 7.32. The van der Waals surface area contributed by atoms with E-state index in [1.54, 1.807) is 0 Å². The van der Waals surface area contributed by atoms with Crippen molar-refractivity contribution in [1.82, 2.24) is 0 Å². The second-order valence-corrected chi connectivity index (χ2v) is 13.6. The number of nitrogens with zero attached hydrogens (tertiary/aromatic N) is 1. The van der Waals surface area contributed by atoms with Crippen molar-refractivity contribution in [2.75, 3.05) is 4.90 Å². The predicted molar refractivity (Wildman–Crippen MR) is 210 cm³/mol. The molecule has 0 spiro atoms. The van der Waals surface area contributed by atoms with Gasteiger partial charge in [-0.05, 0) is 82.1 Å². The molecule has 0 saturated heterocycles. The summed E-state index contributed by atoms with van der Waals surface area (Å²) >= 11 is 1.85. The molecule has 0 amide bonds. The third kappa shape index (κ3) is 4.62. The Hall–Kier alpha value is -6.16. The van der Waals surface area contributed by atoms with Gasteiger partial charge in [-0.3, -0.25) is 0 Å². The number of hydrogen-bond donors (Lipinski definition) is 0. The van der Waals surface area contributed by atoms with Crippen LogP contribution in [0, 0.1) is 0 Å². The lowest BCUT2D eigenvalue weighted by molar-refractivity contribution is 0.670. The lowest BCUT2D eigenvalue weighted by Crippen LogP contribution is -2.09. The Labute approximate surface area is 287 Å². The van der Waals surface area contributed by atoms with Crippen LogP contribution in [0.5, 0.6) is 0 Å². The van der Waals surface area contributed by atoms with E-state index >= 15 is 0 Å². The summed E-state index contributed by atoms with van der Waals surface area (Å²) in [5.41, 5.74) is 9.79. The van der Waals surface area contributed by atoms with Gasteiger partial charge in [0, 0.05) is 53.6 Å². The molecule has 0 unspecified atom stereocenters. The molecule has 2 aromatic heterocycles. The van der Waals surface area contributed by atoms with Crippen LogP contribution in [0.1, 0.15) is 0 Å². The van der Waals surface area contributed by atoms with Crippen molar-refractivity contribution in [3.05, 3.63) is 176 Å². The quantitative estimate of drug-likeness (QED) is 0.186. The largest absolute Gasteiger partial charge is 0.455 e. The maximum atomic E-state index is 6.57. The Kier molecular flexibility index (Phi) is 6.39. The molecular formula is C46H29NOS. The van der Waals surface area contributed by atoms with Gasteiger partial charge in [0.1, 0.15) is 11.2 Å². The maximum absolute atomic E-state index is 6.57. The summed E-state index contributed by atoms with van der Waals surface area (Å²) in [5.74, 6) is 0. The molecule has 2 nitrogen and oxygen atoms in total. The Morgan fingerprint density at radius 2 is 1.04 bits per heavy atom. The summed E-state index contributed by atoms with van der Waals surface area (Å²) in [6.45, 7) is 0. The fourth-order valence-corrected chi connectivity index (χ4v) is 8.41. The van der Waals surface area contributed by atoms with Crippen LogP contribution in [0.4, 0.5) is 17.1 Å². The highest BCUT2D eigenvalue weighted by Crippen LogP contribution is 2.43. The predicted octanol–water partition coefficient (Wildman–Crippen LogP) is 13.9. The molecule has 0 aliphatic rings. The molecule has 230 valence electrons. The normalized spacial score (nSPS) is 11.7. The number of thiophene rings is 1. The van der Waals surface area contributed by atoms with Gasteiger partial charge in [0.15, 0.2) is 0 Å². The molecule has 0 aliphatic carbocycles. The van der Waals surface area contributed by atoms with Gasteiger partial charge in [0.05, 0.1) is 0 Å². The third-order valence-electron chi connectivity index (χ3n) is 9.67. The van der Waals surface area contributed by atoms with Crippen LogP contribution >= 0.6 is 11.3 Å². The molecule has 0 radical (unpaired) electrons. The number of benzene rings is 8. The number of para-hydroxylation sites is 1. The first-order valence-electron chi connectivity index (χ1n) is 16.6. The van der Waals surface area contributed by atoms with Gasteiger partial charge in [-0.25, -0.2) is 0 Å². The molecule has 3 heteroatoms. The van der Waals surface area contributed by atoms with E-state index in [0.29, 0.717) is 0 Å². The minimum absolute atomic E-state index is 0.916. The highest BCUT2D eigenvalue weighted by atomic mass is 32.1. The zero-order chi connectivity index (χ0) is 32.3. The summed E-state index contributed by atoms with van der Waals surface area (Å²) in [4.78, 5) is 2.36. The average Bonchev–Trinajstić information content (AvgIpc) is 3.75. The Bertz CT molecular complexity index is 2810. The molecule has 0 atom stereocenters. The highest BCUT2D eigenvalue weighted by molar-refractivity contribution is 7.25. The van der Waals surface area contributed by atoms with Crippen LogP contribution < -0.4 is 4.90 Å². The van der Waals surface area contributed by atoms with Crippen LogP contribution in [-0.4, -0.2) is 0 Å². The Morgan fingerprint density at radius 1 is 0.408 bits per heavy atom. The minimum atomic E-state index is 0.916. The minimum Gasteiger partial charge on any atom is -0.455 e.